The highest BCUT2D eigenvalue weighted by Gasteiger charge is 2.21. The van der Waals surface area contributed by atoms with Crippen LogP contribution >= 0.6 is 15.9 Å². The number of nitrogens with two attached hydrogens (primary N) is 1. The van der Waals surface area contributed by atoms with E-state index in [1.807, 2.05) is 12.1 Å². The van der Waals surface area contributed by atoms with Gasteiger partial charge in [-0.3, -0.25) is 5.43 Å². The third-order valence-electron chi connectivity index (χ3n) is 2.72. The number of hydrogen-bond donors (Lipinski definition) is 3. The Hall–Kier alpha value is -1.07. The highest BCUT2D eigenvalue weighted by Crippen LogP contribution is 2.23. The van der Waals surface area contributed by atoms with Crippen LogP contribution in [0.5, 0.6) is 0 Å². The number of hydrazine groups is 1. The van der Waals surface area contributed by atoms with Gasteiger partial charge in [-0.25, -0.2) is 10.8 Å². The van der Waals surface area contributed by atoms with Crippen molar-refractivity contribution in [2.75, 3.05) is 0 Å². The first-order chi connectivity index (χ1) is 8.19. The molecule has 0 spiro atoms. The van der Waals surface area contributed by atoms with Crippen molar-refractivity contribution >= 4 is 21.9 Å². The summed E-state index contributed by atoms with van der Waals surface area (Å²) in [5.41, 5.74) is 3.82. The first-order valence-corrected chi connectivity index (χ1v) is 6.55. The maximum Gasteiger partial charge on any atom is 0.206 e. The molecule has 1 aromatic rings. The summed E-state index contributed by atoms with van der Waals surface area (Å²) < 4.78 is 1.08. The highest BCUT2D eigenvalue weighted by atomic mass is 79.9. The fourth-order valence-electron chi connectivity index (χ4n) is 1.54. The van der Waals surface area contributed by atoms with Crippen LogP contribution in [0.3, 0.4) is 0 Å². The van der Waals surface area contributed by atoms with Crippen molar-refractivity contribution in [3.63, 3.8) is 0 Å². The standard InChI is InChI=1S/C12H17BrN4/c1-8(9-2-4-10(13)5-3-9)15-12(17-14)16-11-6-7-11/h2-5,8,11H,6-7,14H2,1H3,(H2,15,16,17). The summed E-state index contributed by atoms with van der Waals surface area (Å²) in [6.07, 6.45) is 2.33. The Bertz CT molecular complexity index is 397. The smallest absolute Gasteiger partial charge is 0.206 e. The molecule has 0 aromatic heterocycles. The maximum atomic E-state index is 5.45. The average molecular weight is 297 g/mol. The molecule has 0 amide bonds. The molecule has 0 heterocycles. The second-order valence-electron chi connectivity index (χ2n) is 4.27. The quantitative estimate of drug-likeness (QED) is 0.346. The van der Waals surface area contributed by atoms with E-state index >= 15 is 0 Å². The number of nitrogens with zero attached hydrogens (tertiary/aromatic N) is 1. The predicted octanol–water partition coefficient (Wildman–Crippen LogP) is 2.08. The fourth-order valence-corrected chi connectivity index (χ4v) is 1.81. The summed E-state index contributed by atoms with van der Waals surface area (Å²) in [4.78, 5) is 4.45. The van der Waals surface area contributed by atoms with Crippen molar-refractivity contribution < 1.29 is 0 Å². The number of aliphatic imine (C=N–C) groups is 1. The molecule has 0 radical (unpaired) electrons. The number of nitrogens with one attached hydrogen (secondary N) is 2. The maximum absolute atomic E-state index is 5.45. The molecule has 1 atom stereocenters. The minimum Gasteiger partial charge on any atom is -0.349 e. The number of hydrogen-bond acceptors (Lipinski definition) is 2. The molecular formula is C12H17BrN4. The van der Waals surface area contributed by atoms with Gasteiger partial charge in [0.2, 0.25) is 5.96 Å². The topological polar surface area (TPSA) is 62.4 Å². The molecule has 1 fully saturated rings. The van der Waals surface area contributed by atoms with Gasteiger partial charge < -0.3 is 5.32 Å². The molecular weight excluding hydrogens is 280 g/mol. The lowest BCUT2D eigenvalue weighted by Gasteiger charge is -2.17. The predicted molar refractivity (Wildman–Crippen MR) is 73.5 cm³/mol. The van der Waals surface area contributed by atoms with E-state index in [9.17, 15) is 0 Å². The van der Waals surface area contributed by atoms with E-state index in [0.717, 1.165) is 4.47 Å². The molecule has 1 saturated carbocycles. The zero-order chi connectivity index (χ0) is 12.3. The van der Waals surface area contributed by atoms with E-state index in [0.29, 0.717) is 12.0 Å². The summed E-state index contributed by atoms with van der Waals surface area (Å²) in [7, 11) is 0. The monoisotopic (exact) mass is 296 g/mol. The Kier molecular flexibility index (Phi) is 4.02. The van der Waals surface area contributed by atoms with Crippen LogP contribution in [0.2, 0.25) is 0 Å². The molecule has 0 aliphatic heterocycles. The van der Waals surface area contributed by atoms with Gasteiger partial charge in [-0.1, -0.05) is 28.1 Å². The van der Waals surface area contributed by atoms with Gasteiger partial charge in [0.1, 0.15) is 0 Å². The summed E-state index contributed by atoms with van der Waals surface area (Å²) in [6, 6.07) is 8.84. The molecule has 1 unspecified atom stereocenters. The molecule has 17 heavy (non-hydrogen) atoms. The molecule has 5 heteroatoms. The molecule has 4 nitrogen and oxygen atoms in total. The van der Waals surface area contributed by atoms with Gasteiger partial charge in [-0.15, -0.1) is 0 Å². The molecule has 0 saturated heterocycles. The first-order valence-electron chi connectivity index (χ1n) is 5.75. The average Bonchev–Trinajstić information content (AvgIpc) is 3.13. The first kappa shape index (κ1) is 12.4. The lowest BCUT2D eigenvalue weighted by Crippen LogP contribution is -2.42. The van der Waals surface area contributed by atoms with Crippen molar-refractivity contribution in [1.82, 2.24) is 10.7 Å². The van der Waals surface area contributed by atoms with Crippen LogP contribution in [-0.4, -0.2) is 12.0 Å². The highest BCUT2D eigenvalue weighted by molar-refractivity contribution is 9.10. The zero-order valence-electron chi connectivity index (χ0n) is 9.78. The lowest BCUT2D eigenvalue weighted by molar-refractivity contribution is 0.687. The van der Waals surface area contributed by atoms with Gasteiger partial charge >= 0.3 is 0 Å². The Balaban J connectivity index is 1.99. The normalized spacial score (nSPS) is 17.7. The van der Waals surface area contributed by atoms with Crippen molar-refractivity contribution in [1.29, 1.82) is 0 Å². The molecule has 92 valence electrons. The second kappa shape index (κ2) is 5.51. The van der Waals surface area contributed by atoms with Crippen LogP contribution in [-0.2, 0) is 0 Å². The second-order valence-corrected chi connectivity index (χ2v) is 5.19. The van der Waals surface area contributed by atoms with Gasteiger partial charge in [-0.2, -0.15) is 0 Å². The number of halogens is 1. The SMILES string of the molecule is CC(NC(=NC1CC1)NN)c1ccc(Br)cc1. The molecule has 1 aliphatic carbocycles. The van der Waals surface area contributed by atoms with Gasteiger partial charge in [0.15, 0.2) is 0 Å². The number of guanidine groups is 1. The van der Waals surface area contributed by atoms with Crippen LogP contribution in [0, 0.1) is 0 Å². The van der Waals surface area contributed by atoms with E-state index in [4.69, 9.17) is 5.84 Å². The summed E-state index contributed by atoms with van der Waals surface area (Å²) in [6.45, 7) is 2.09. The molecule has 0 bridgehead atoms. The van der Waals surface area contributed by atoms with Crippen LogP contribution in [0.25, 0.3) is 0 Å². The summed E-state index contributed by atoms with van der Waals surface area (Å²) in [5.74, 6) is 6.12. The van der Waals surface area contributed by atoms with E-state index in [2.05, 4.69) is 50.7 Å². The summed E-state index contributed by atoms with van der Waals surface area (Å²) in [5, 5.41) is 3.27. The van der Waals surface area contributed by atoms with Crippen LogP contribution < -0.4 is 16.6 Å². The van der Waals surface area contributed by atoms with Crippen LogP contribution in [0.15, 0.2) is 33.7 Å². The van der Waals surface area contributed by atoms with Crippen LogP contribution in [0.4, 0.5) is 0 Å². The van der Waals surface area contributed by atoms with E-state index in [-0.39, 0.29) is 6.04 Å². The number of rotatable bonds is 3. The third kappa shape index (κ3) is 3.71. The van der Waals surface area contributed by atoms with E-state index in [1.165, 1.54) is 18.4 Å². The van der Waals surface area contributed by atoms with Gasteiger partial charge in [0.05, 0.1) is 12.1 Å². The third-order valence-corrected chi connectivity index (χ3v) is 3.25. The van der Waals surface area contributed by atoms with Gasteiger partial charge in [0.25, 0.3) is 0 Å². The van der Waals surface area contributed by atoms with E-state index < -0.39 is 0 Å². The Morgan fingerprint density at radius 3 is 2.59 bits per heavy atom. The van der Waals surface area contributed by atoms with Crippen molar-refractivity contribution in [2.24, 2.45) is 10.8 Å². The van der Waals surface area contributed by atoms with Crippen molar-refractivity contribution in [3.8, 4) is 0 Å². The summed E-state index contributed by atoms with van der Waals surface area (Å²) >= 11 is 3.42. The molecule has 1 aliphatic rings. The molecule has 4 N–H and O–H groups in total. The van der Waals surface area contributed by atoms with Gasteiger partial charge in [0, 0.05) is 4.47 Å². The van der Waals surface area contributed by atoms with Crippen LogP contribution in [0.1, 0.15) is 31.4 Å². The van der Waals surface area contributed by atoms with Crippen molar-refractivity contribution in [2.45, 2.75) is 31.8 Å². The van der Waals surface area contributed by atoms with E-state index in [1.54, 1.807) is 0 Å². The minimum atomic E-state index is 0.177. The fraction of sp³-hybridized carbons (Fsp3) is 0.417. The Morgan fingerprint density at radius 2 is 2.06 bits per heavy atom. The Morgan fingerprint density at radius 1 is 1.41 bits per heavy atom. The zero-order valence-corrected chi connectivity index (χ0v) is 11.4. The number of benzene rings is 1. The Labute approximate surface area is 110 Å². The minimum absolute atomic E-state index is 0.177. The molecule has 1 aromatic carbocycles. The molecule has 2 rings (SSSR count). The van der Waals surface area contributed by atoms with Crippen molar-refractivity contribution in [3.05, 3.63) is 34.3 Å². The largest absolute Gasteiger partial charge is 0.349 e. The van der Waals surface area contributed by atoms with Gasteiger partial charge in [-0.05, 0) is 37.5 Å². The lowest BCUT2D eigenvalue weighted by atomic mass is 10.1.